The van der Waals surface area contributed by atoms with Crippen molar-refractivity contribution in [3.05, 3.63) is 108 Å². The van der Waals surface area contributed by atoms with Gasteiger partial charge in [0.05, 0.1) is 0 Å². The van der Waals surface area contributed by atoms with Crippen LogP contribution in [0.2, 0.25) is 16.6 Å². The van der Waals surface area contributed by atoms with Gasteiger partial charge in [0, 0.05) is 0 Å². The first kappa shape index (κ1) is 23.7. The van der Waals surface area contributed by atoms with Crippen molar-refractivity contribution in [3.8, 4) is 0 Å². The van der Waals surface area contributed by atoms with Crippen molar-refractivity contribution in [2.24, 2.45) is 11.8 Å². The number of nitrogens with zero attached hydrogens (tertiary/aromatic N) is 1. The molecule has 0 amide bonds. The van der Waals surface area contributed by atoms with Gasteiger partial charge < -0.3 is 0 Å². The van der Waals surface area contributed by atoms with Gasteiger partial charge in [-0.3, -0.25) is 0 Å². The second kappa shape index (κ2) is 11.1. The Morgan fingerprint density at radius 1 is 0.727 bits per heavy atom. The Morgan fingerprint density at radius 2 is 1.15 bits per heavy atom. The van der Waals surface area contributed by atoms with Gasteiger partial charge in [-0.15, -0.1) is 0 Å². The summed E-state index contributed by atoms with van der Waals surface area (Å²) >= 11 is -0.803. The number of benzene rings is 3. The van der Waals surface area contributed by atoms with Gasteiger partial charge in [-0.05, 0) is 0 Å². The Hall–Kier alpha value is -2.48. The number of carbonyl (C=O) groups excluding carboxylic acids is 2. The Kier molecular flexibility index (Phi) is 7.96. The quantitative estimate of drug-likeness (QED) is 0.288. The van der Waals surface area contributed by atoms with E-state index in [0.717, 1.165) is 23.2 Å². The summed E-state index contributed by atoms with van der Waals surface area (Å²) in [5.74, 6) is -0.364. The van der Waals surface area contributed by atoms with E-state index in [4.69, 9.17) is 0 Å². The molecule has 1 saturated heterocycles. The van der Waals surface area contributed by atoms with Crippen molar-refractivity contribution in [3.63, 3.8) is 0 Å². The SMILES string of the molecule is C[As](C)CCN1C[C@H](C(=O)c2ccccc2)C(c2ccccc2)[C@@H](C(=O)c2ccccc2)C1. The van der Waals surface area contributed by atoms with Crippen LogP contribution in [0.1, 0.15) is 32.2 Å². The summed E-state index contributed by atoms with van der Waals surface area (Å²) in [5.41, 5.74) is 7.27. The van der Waals surface area contributed by atoms with E-state index in [-0.39, 0.29) is 29.3 Å². The van der Waals surface area contributed by atoms with Gasteiger partial charge in [-0.2, -0.15) is 0 Å². The number of hydrogen-bond acceptors (Lipinski definition) is 3. The first-order chi connectivity index (χ1) is 16.0. The zero-order valence-corrected chi connectivity index (χ0v) is 21.3. The van der Waals surface area contributed by atoms with Crippen LogP contribution in [0, 0.1) is 11.8 Å². The molecule has 0 unspecified atom stereocenters. The standard InChI is InChI=1S/C29H32AsNO2/c1-30(2)18-19-31-20-25(28(32)23-14-8-4-9-15-23)27(22-12-6-3-7-13-22)26(21-31)29(33)24-16-10-5-11-17-24/h3-17,25-27H,18-21H2,1-2H3/t25-,26-/m0/s1. The maximum atomic E-state index is 13.8. The van der Waals surface area contributed by atoms with E-state index in [1.165, 1.54) is 5.21 Å². The fourth-order valence-electron chi connectivity index (χ4n) is 4.93. The number of piperidine rings is 1. The molecule has 4 rings (SSSR count). The van der Waals surface area contributed by atoms with Gasteiger partial charge in [0.2, 0.25) is 0 Å². The van der Waals surface area contributed by atoms with Crippen molar-refractivity contribution in [1.82, 2.24) is 4.90 Å². The molecule has 1 aliphatic heterocycles. The van der Waals surface area contributed by atoms with Crippen LogP contribution in [0.15, 0.2) is 91.0 Å². The third-order valence-electron chi connectivity index (χ3n) is 6.61. The van der Waals surface area contributed by atoms with Crippen molar-refractivity contribution < 1.29 is 9.59 Å². The maximum absolute atomic E-state index is 13.8. The molecule has 0 spiro atoms. The zero-order chi connectivity index (χ0) is 23.2. The van der Waals surface area contributed by atoms with Crippen LogP contribution in [0.25, 0.3) is 0 Å². The fraction of sp³-hybridized carbons (Fsp3) is 0.310. The summed E-state index contributed by atoms with van der Waals surface area (Å²) in [6.45, 7) is 2.37. The van der Waals surface area contributed by atoms with Crippen LogP contribution in [0.5, 0.6) is 0 Å². The molecule has 1 fully saturated rings. The summed E-state index contributed by atoms with van der Waals surface area (Å²) in [4.78, 5) is 30.1. The second-order valence-corrected chi connectivity index (χ2v) is 14.6. The summed E-state index contributed by atoms with van der Waals surface area (Å²) in [7, 11) is 0. The average molecular weight is 502 g/mol. The van der Waals surface area contributed by atoms with Gasteiger partial charge in [-0.1, -0.05) is 0 Å². The molecule has 3 aromatic rings. The minimum absolute atomic E-state index is 0.139. The van der Waals surface area contributed by atoms with Crippen molar-refractivity contribution in [2.45, 2.75) is 22.5 Å². The van der Waals surface area contributed by atoms with E-state index in [9.17, 15) is 9.59 Å². The molecular formula is C29H32AsNO2. The molecule has 0 N–H and O–H groups in total. The predicted molar refractivity (Wildman–Crippen MR) is 136 cm³/mol. The van der Waals surface area contributed by atoms with E-state index < -0.39 is 14.7 Å². The van der Waals surface area contributed by atoms with E-state index >= 15 is 0 Å². The molecule has 3 nitrogen and oxygen atoms in total. The molecule has 0 aliphatic carbocycles. The number of likely N-dealkylation sites (tertiary alicyclic amines) is 1. The molecule has 0 bridgehead atoms. The predicted octanol–water partition coefficient (Wildman–Crippen LogP) is 5.84. The number of carbonyl (C=O) groups is 2. The van der Waals surface area contributed by atoms with Crippen LogP contribution >= 0.6 is 0 Å². The van der Waals surface area contributed by atoms with Crippen molar-refractivity contribution in [1.29, 1.82) is 0 Å². The monoisotopic (exact) mass is 501 g/mol. The molecule has 170 valence electrons. The Balaban J connectivity index is 1.76. The topological polar surface area (TPSA) is 37.4 Å². The fourth-order valence-corrected chi connectivity index (χ4v) is 6.36. The first-order valence-corrected chi connectivity index (χ1v) is 16.7. The zero-order valence-electron chi connectivity index (χ0n) is 19.4. The molecule has 2 atom stereocenters. The summed E-state index contributed by atoms with van der Waals surface area (Å²) in [5, 5.41) is 1.20. The number of rotatable bonds is 8. The van der Waals surface area contributed by atoms with Crippen LogP contribution < -0.4 is 0 Å². The normalized spacial score (nSPS) is 19.5. The Labute approximate surface area is 202 Å². The van der Waals surface area contributed by atoms with Gasteiger partial charge in [0.1, 0.15) is 0 Å². The molecule has 33 heavy (non-hydrogen) atoms. The van der Waals surface area contributed by atoms with E-state index in [2.05, 4.69) is 28.5 Å². The molecule has 3 aromatic carbocycles. The molecule has 0 aromatic heterocycles. The van der Waals surface area contributed by atoms with Crippen LogP contribution in [0.4, 0.5) is 0 Å². The second-order valence-electron chi connectivity index (χ2n) is 9.17. The molecule has 1 heterocycles. The average Bonchev–Trinajstić information content (AvgIpc) is 2.87. The van der Waals surface area contributed by atoms with Gasteiger partial charge in [-0.25, -0.2) is 0 Å². The van der Waals surface area contributed by atoms with E-state index in [0.29, 0.717) is 13.1 Å². The minimum atomic E-state index is -0.803. The third kappa shape index (κ3) is 5.72. The van der Waals surface area contributed by atoms with Gasteiger partial charge >= 0.3 is 202 Å². The summed E-state index contributed by atoms with van der Waals surface area (Å²) in [6, 6.07) is 29.3. The van der Waals surface area contributed by atoms with Crippen LogP contribution in [-0.2, 0) is 0 Å². The first-order valence-electron chi connectivity index (χ1n) is 11.6. The molecular weight excluding hydrogens is 469 g/mol. The molecule has 1 aliphatic rings. The molecule has 0 radical (unpaired) electrons. The number of hydrogen-bond donors (Lipinski definition) is 0. The Bertz CT molecular complexity index is 991. The third-order valence-corrected chi connectivity index (χ3v) is 8.91. The summed E-state index contributed by atoms with van der Waals surface area (Å²) in [6.07, 6.45) is 0. The van der Waals surface area contributed by atoms with E-state index in [1.807, 2.05) is 78.9 Å². The molecule has 0 saturated carbocycles. The van der Waals surface area contributed by atoms with Crippen LogP contribution in [-0.4, -0.2) is 50.8 Å². The van der Waals surface area contributed by atoms with E-state index in [1.54, 1.807) is 0 Å². The van der Waals surface area contributed by atoms with Gasteiger partial charge in [0.25, 0.3) is 0 Å². The van der Waals surface area contributed by atoms with Gasteiger partial charge in [0.15, 0.2) is 0 Å². The van der Waals surface area contributed by atoms with Crippen molar-refractivity contribution in [2.75, 3.05) is 19.6 Å². The number of ketones is 2. The van der Waals surface area contributed by atoms with Crippen LogP contribution in [0.3, 0.4) is 0 Å². The Morgan fingerprint density at radius 3 is 1.58 bits per heavy atom. The summed E-state index contributed by atoms with van der Waals surface area (Å²) < 4.78 is 0. The number of Topliss-reactive ketones (excluding diaryl/α,β-unsaturated/α-hetero) is 2. The molecule has 4 heteroatoms. The van der Waals surface area contributed by atoms with Crippen molar-refractivity contribution >= 4 is 26.2 Å².